The minimum atomic E-state index is -0.250. The van der Waals surface area contributed by atoms with Gasteiger partial charge in [-0.25, -0.2) is 0 Å². The van der Waals surface area contributed by atoms with Crippen molar-refractivity contribution in [1.29, 1.82) is 0 Å². The van der Waals surface area contributed by atoms with Gasteiger partial charge in [-0.2, -0.15) is 0 Å². The van der Waals surface area contributed by atoms with Crippen molar-refractivity contribution in [2.45, 2.75) is 6.92 Å². The first-order valence-electron chi connectivity index (χ1n) is 6.52. The number of carbonyl (C=O) groups excluding carboxylic acids is 1. The van der Waals surface area contributed by atoms with Gasteiger partial charge in [0.25, 0.3) is 0 Å². The molecule has 0 unspecified atom stereocenters. The third-order valence-corrected chi connectivity index (χ3v) is 3.11. The summed E-state index contributed by atoms with van der Waals surface area (Å²) in [4.78, 5) is 11.9. The van der Waals surface area contributed by atoms with Crippen LogP contribution in [-0.4, -0.2) is 18.1 Å². The van der Waals surface area contributed by atoms with Gasteiger partial charge < -0.3 is 15.2 Å². The number of carbonyl (C=O) groups is 1. The number of benzene rings is 2. The van der Waals surface area contributed by atoms with Crippen LogP contribution in [0.1, 0.15) is 11.1 Å². The van der Waals surface area contributed by atoms with Crippen LogP contribution in [0.2, 0.25) is 0 Å². The lowest BCUT2D eigenvalue weighted by Crippen LogP contribution is -2.08. The molecule has 0 radical (unpaired) electrons. The maximum absolute atomic E-state index is 11.9. The molecule has 2 aromatic carbocycles. The summed E-state index contributed by atoms with van der Waals surface area (Å²) in [5, 5.41) is 12.3. The number of phenols is 1. The molecule has 108 valence electrons. The highest BCUT2D eigenvalue weighted by molar-refractivity contribution is 6.02. The first-order chi connectivity index (χ1) is 10.1. The molecule has 1 amide bonds. The average molecular weight is 283 g/mol. The SMILES string of the molecule is COc1ccc(C=CC(=O)Nc2cccc(O)c2C)cc1. The topological polar surface area (TPSA) is 58.6 Å². The molecule has 0 saturated heterocycles. The van der Waals surface area contributed by atoms with Crippen LogP contribution in [0, 0.1) is 6.92 Å². The molecule has 0 atom stereocenters. The molecule has 0 fully saturated rings. The molecule has 0 aliphatic heterocycles. The van der Waals surface area contributed by atoms with Crippen LogP contribution >= 0.6 is 0 Å². The smallest absolute Gasteiger partial charge is 0.248 e. The summed E-state index contributed by atoms with van der Waals surface area (Å²) in [7, 11) is 1.61. The van der Waals surface area contributed by atoms with E-state index in [1.54, 1.807) is 38.3 Å². The van der Waals surface area contributed by atoms with Gasteiger partial charge in [0, 0.05) is 17.3 Å². The van der Waals surface area contributed by atoms with E-state index in [0.29, 0.717) is 11.3 Å². The van der Waals surface area contributed by atoms with Crippen molar-refractivity contribution in [2.75, 3.05) is 12.4 Å². The summed E-state index contributed by atoms with van der Waals surface area (Å²) >= 11 is 0. The molecule has 0 heterocycles. The van der Waals surface area contributed by atoms with Gasteiger partial charge in [-0.3, -0.25) is 4.79 Å². The van der Waals surface area contributed by atoms with Crippen molar-refractivity contribution in [3.05, 3.63) is 59.7 Å². The molecular weight excluding hydrogens is 266 g/mol. The molecule has 0 spiro atoms. The number of hydrogen-bond donors (Lipinski definition) is 2. The van der Waals surface area contributed by atoms with Crippen LogP contribution in [-0.2, 0) is 4.79 Å². The summed E-state index contributed by atoms with van der Waals surface area (Å²) in [6, 6.07) is 12.4. The van der Waals surface area contributed by atoms with Gasteiger partial charge in [-0.15, -0.1) is 0 Å². The highest BCUT2D eigenvalue weighted by Gasteiger charge is 2.04. The van der Waals surface area contributed by atoms with Gasteiger partial charge in [0.15, 0.2) is 0 Å². The maximum atomic E-state index is 11.9. The van der Waals surface area contributed by atoms with Gasteiger partial charge in [-0.05, 0) is 42.8 Å². The lowest BCUT2D eigenvalue weighted by Gasteiger charge is -2.07. The summed E-state index contributed by atoms with van der Waals surface area (Å²) in [6.45, 7) is 1.75. The van der Waals surface area contributed by atoms with Crippen LogP contribution in [0.15, 0.2) is 48.5 Å². The minimum Gasteiger partial charge on any atom is -0.508 e. The number of aromatic hydroxyl groups is 1. The Morgan fingerprint density at radius 3 is 2.57 bits per heavy atom. The Balaban J connectivity index is 2.03. The quantitative estimate of drug-likeness (QED) is 0.846. The summed E-state index contributed by atoms with van der Waals surface area (Å²) < 4.78 is 5.07. The van der Waals surface area contributed by atoms with Crippen LogP contribution in [0.4, 0.5) is 5.69 Å². The fourth-order valence-electron chi connectivity index (χ4n) is 1.82. The molecule has 0 saturated carbocycles. The fourth-order valence-corrected chi connectivity index (χ4v) is 1.82. The Bertz CT molecular complexity index is 660. The van der Waals surface area contributed by atoms with Crippen molar-refractivity contribution < 1.29 is 14.6 Å². The molecule has 2 aromatic rings. The zero-order chi connectivity index (χ0) is 15.2. The first kappa shape index (κ1) is 14.7. The molecule has 0 aliphatic rings. The van der Waals surface area contributed by atoms with E-state index in [9.17, 15) is 9.90 Å². The third-order valence-electron chi connectivity index (χ3n) is 3.11. The van der Waals surface area contributed by atoms with Crippen molar-refractivity contribution >= 4 is 17.7 Å². The van der Waals surface area contributed by atoms with Crippen molar-refractivity contribution in [3.63, 3.8) is 0 Å². The van der Waals surface area contributed by atoms with Crippen LogP contribution in [0.25, 0.3) is 6.08 Å². The number of rotatable bonds is 4. The lowest BCUT2D eigenvalue weighted by atomic mass is 10.1. The van der Waals surface area contributed by atoms with E-state index in [4.69, 9.17) is 4.74 Å². The fraction of sp³-hybridized carbons (Fsp3) is 0.118. The third kappa shape index (κ3) is 3.86. The molecule has 21 heavy (non-hydrogen) atoms. The number of hydrogen-bond acceptors (Lipinski definition) is 3. The Hall–Kier alpha value is -2.75. The zero-order valence-electron chi connectivity index (χ0n) is 12.0. The Morgan fingerprint density at radius 2 is 1.90 bits per heavy atom. The van der Waals surface area contributed by atoms with Gasteiger partial charge >= 0.3 is 0 Å². The summed E-state index contributed by atoms with van der Waals surface area (Å²) in [5.41, 5.74) is 2.14. The molecule has 4 nitrogen and oxygen atoms in total. The van der Waals surface area contributed by atoms with E-state index >= 15 is 0 Å². The second-order valence-corrected chi connectivity index (χ2v) is 4.55. The normalized spacial score (nSPS) is 10.6. The van der Waals surface area contributed by atoms with Gasteiger partial charge in [0.05, 0.1) is 7.11 Å². The van der Waals surface area contributed by atoms with Gasteiger partial charge in [0.1, 0.15) is 11.5 Å². The number of methoxy groups -OCH3 is 1. The summed E-state index contributed by atoms with van der Waals surface area (Å²) in [6.07, 6.45) is 3.16. The van der Waals surface area contributed by atoms with E-state index in [1.807, 2.05) is 24.3 Å². The Morgan fingerprint density at radius 1 is 1.19 bits per heavy atom. The number of phenolic OH excluding ortho intramolecular Hbond substituents is 1. The molecule has 4 heteroatoms. The number of amides is 1. The molecular formula is C17H17NO3. The Labute approximate surface area is 123 Å². The summed E-state index contributed by atoms with van der Waals surface area (Å²) in [5.74, 6) is 0.679. The number of ether oxygens (including phenoxy) is 1. The van der Waals surface area contributed by atoms with Crippen LogP contribution < -0.4 is 10.1 Å². The molecule has 0 aromatic heterocycles. The second-order valence-electron chi connectivity index (χ2n) is 4.55. The van der Waals surface area contributed by atoms with E-state index in [-0.39, 0.29) is 11.7 Å². The van der Waals surface area contributed by atoms with Crippen LogP contribution in [0.5, 0.6) is 11.5 Å². The van der Waals surface area contributed by atoms with E-state index in [0.717, 1.165) is 11.3 Å². The maximum Gasteiger partial charge on any atom is 0.248 e. The van der Waals surface area contributed by atoms with E-state index < -0.39 is 0 Å². The average Bonchev–Trinajstić information content (AvgIpc) is 2.50. The molecule has 0 bridgehead atoms. The first-order valence-corrected chi connectivity index (χ1v) is 6.52. The number of nitrogens with one attached hydrogen (secondary N) is 1. The van der Waals surface area contributed by atoms with E-state index in [1.165, 1.54) is 6.08 Å². The second kappa shape index (κ2) is 6.61. The standard InChI is InChI=1S/C17H17NO3/c1-12-15(4-3-5-16(12)19)18-17(20)11-8-13-6-9-14(21-2)10-7-13/h3-11,19H,1-2H3,(H,18,20). The highest BCUT2D eigenvalue weighted by Crippen LogP contribution is 2.23. The van der Waals surface area contributed by atoms with Gasteiger partial charge in [0.2, 0.25) is 5.91 Å². The predicted octanol–water partition coefficient (Wildman–Crippen LogP) is 3.36. The monoisotopic (exact) mass is 283 g/mol. The largest absolute Gasteiger partial charge is 0.508 e. The minimum absolute atomic E-state index is 0.159. The predicted molar refractivity (Wildman–Crippen MR) is 83.5 cm³/mol. The van der Waals surface area contributed by atoms with Crippen LogP contribution in [0.3, 0.4) is 0 Å². The van der Waals surface area contributed by atoms with Crippen molar-refractivity contribution in [1.82, 2.24) is 0 Å². The Kier molecular flexibility index (Phi) is 4.61. The highest BCUT2D eigenvalue weighted by atomic mass is 16.5. The number of anilines is 1. The van der Waals surface area contributed by atoms with Gasteiger partial charge in [-0.1, -0.05) is 18.2 Å². The molecule has 0 aliphatic carbocycles. The molecule has 2 rings (SSSR count). The molecule has 2 N–H and O–H groups in total. The van der Waals surface area contributed by atoms with Crippen molar-refractivity contribution in [2.24, 2.45) is 0 Å². The van der Waals surface area contributed by atoms with E-state index in [2.05, 4.69) is 5.32 Å². The van der Waals surface area contributed by atoms with Crippen molar-refractivity contribution in [3.8, 4) is 11.5 Å². The lowest BCUT2D eigenvalue weighted by molar-refractivity contribution is -0.111. The zero-order valence-corrected chi connectivity index (χ0v) is 12.0.